The number of anilines is 1. The molecule has 0 spiro atoms. The summed E-state index contributed by atoms with van der Waals surface area (Å²) < 4.78 is 0. The molecule has 0 aliphatic heterocycles. The van der Waals surface area contributed by atoms with E-state index < -0.39 is 5.91 Å². The van der Waals surface area contributed by atoms with Gasteiger partial charge in [-0.25, -0.2) is 4.98 Å². The number of halogens is 1. The van der Waals surface area contributed by atoms with Crippen molar-refractivity contribution >= 4 is 23.2 Å². The van der Waals surface area contributed by atoms with Gasteiger partial charge < -0.3 is 5.32 Å². The number of nitrogens with zero attached hydrogens (tertiary/aromatic N) is 3. The van der Waals surface area contributed by atoms with Crippen LogP contribution in [0.1, 0.15) is 41.8 Å². The quantitative estimate of drug-likeness (QED) is 0.908. The van der Waals surface area contributed by atoms with Gasteiger partial charge in [0.05, 0.1) is 22.3 Å². The van der Waals surface area contributed by atoms with Crippen molar-refractivity contribution in [1.82, 2.24) is 15.2 Å². The lowest BCUT2D eigenvalue weighted by atomic mass is 10.2. The molecule has 6 nitrogen and oxygen atoms in total. The SMILES string of the molecule is CC(C)c1nc(C(=O)Nc2ccc(C#N)cc2Cl)n[nH]1. The topological polar surface area (TPSA) is 94.5 Å². The van der Waals surface area contributed by atoms with Crippen molar-refractivity contribution in [2.24, 2.45) is 0 Å². The average Bonchev–Trinajstić information content (AvgIpc) is 2.91. The maximum atomic E-state index is 12.0. The van der Waals surface area contributed by atoms with Gasteiger partial charge >= 0.3 is 0 Å². The molecule has 2 aromatic rings. The third kappa shape index (κ3) is 2.95. The van der Waals surface area contributed by atoms with Crippen molar-refractivity contribution in [3.05, 3.63) is 40.4 Å². The molecular weight excluding hydrogens is 278 g/mol. The van der Waals surface area contributed by atoms with Crippen LogP contribution in [0.2, 0.25) is 5.02 Å². The smallest absolute Gasteiger partial charge is 0.295 e. The van der Waals surface area contributed by atoms with Gasteiger partial charge in [0.2, 0.25) is 5.82 Å². The van der Waals surface area contributed by atoms with Crippen LogP contribution in [-0.2, 0) is 0 Å². The van der Waals surface area contributed by atoms with Crippen LogP contribution >= 0.6 is 11.6 Å². The average molecular weight is 290 g/mol. The Morgan fingerprint density at radius 1 is 1.50 bits per heavy atom. The Balaban J connectivity index is 2.17. The van der Waals surface area contributed by atoms with Crippen molar-refractivity contribution in [2.75, 3.05) is 5.32 Å². The Hall–Kier alpha value is -2.39. The van der Waals surface area contributed by atoms with E-state index in [1.54, 1.807) is 12.1 Å². The van der Waals surface area contributed by atoms with Crippen molar-refractivity contribution < 1.29 is 4.79 Å². The summed E-state index contributed by atoms with van der Waals surface area (Å²) in [7, 11) is 0. The zero-order chi connectivity index (χ0) is 14.7. The van der Waals surface area contributed by atoms with E-state index in [9.17, 15) is 4.79 Å². The lowest BCUT2D eigenvalue weighted by Gasteiger charge is -2.05. The van der Waals surface area contributed by atoms with Crippen molar-refractivity contribution in [3.8, 4) is 6.07 Å². The third-order valence-electron chi connectivity index (χ3n) is 2.60. The second kappa shape index (κ2) is 5.72. The Bertz CT molecular complexity index is 686. The van der Waals surface area contributed by atoms with E-state index in [0.717, 1.165) is 0 Å². The lowest BCUT2D eigenvalue weighted by molar-refractivity contribution is 0.101. The molecule has 0 saturated carbocycles. The number of hydrogen-bond donors (Lipinski definition) is 2. The first-order chi connectivity index (χ1) is 9.51. The van der Waals surface area contributed by atoms with E-state index >= 15 is 0 Å². The van der Waals surface area contributed by atoms with Gasteiger partial charge in [0.25, 0.3) is 5.91 Å². The van der Waals surface area contributed by atoms with Crippen LogP contribution in [0.15, 0.2) is 18.2 Å². The van der Waals surface area contributed by atoms with Gasteiger partial charge in [0.15, 0.2) is 0 Å². The monoisotopic (exact) mass is 289 g/mol. The minimum atomic E-state index is -0.459. The number of benzene rings is 1. The number of aromatic nitrogens is 3. The summed E-state index contributed by atoms with van der Waals surface area (Å²) in [5.74, 6) is 0.387. The molecule has 0 radical (unpaired) electrons. The maximum absolute atomic E-state index is 12.0. The summed E-state index contributed by atoms with van der Waals surface area (Å²) in [6.45, 7) is 3.89. The van der Waals surface area contributed by atoms with Crippen LogP contribution < -0.4 is 5.32 Å². The van der Waals surface area contributed by atoms with Crippen LogP contribution in [-0.4, -0.2) is 21.1 Å². The second-order valence-corrected chi connectivity index (χ2v) is 4.87. The number of carbonyl (C=O) groups is 1. The molecule has 0 bridgehead atoms. The van der Waals surface area contributed by atoms with Crippen LogP contribution in [0.4, 0.5) is 5.69 Å². The molecule has 0 aliphatic carbocycles. The van der Waals surface area contributed by atoms with Crippen LogP contribution in [0.3, 0.4) is 0 Å². The molecule has 1 heterocycles. The predicted molar refractivity (Wildman–Crippen MR) is 74.6 cm³/mol. The minimum absolute atomic E-state index is 0.0501. The minimum Gasteiger partial charge on any atom is -0.318 e. The summed E-state index contributed by atoms with van der Waals surface area (Å²) in [6, 6.07) is 6.58. The summed E-state index contributed by atoms with van der Waals surface area (Å²) >= 11 is 5.98. The fourth-order valence-electron chi connectivity index (χ4n) is 1.50. The summed E-state index contributed by atoms with van der Waals surface area (Å²) in [5.41, 5.74) is 0.833. The van der Waals surface area contributed by atoms with E-state index in [-0.39, 0.29) is 16.8 Å². The van der Waals surface area contributed by atoms with Gasteiger partial charge in [0, 0.05) is 5.92 Å². The van der Waals surface area contributed by atoms with Crippen LogP contribution in [0.25, 0.3) is 0 Å². The number of hydrogen-bond acceptors (Lipinski definition) is 4. The molecule has 0 unspecified atom stereocenters. The number of carbonyl (C=O) groups excluding carboxylic acids is 1. The predicted octanol–water partition coefficient (Wildman–Crippen LogP) is 2.71. The number of H-pyrrole nitrogens is 1. The highest BCUT2D eigenvalue weighted by Crippen LogP contribution is 2.23. The highest BCUT2D eigenvalue weighted by molar-refractivity contribution is 6.34. The fourth-order valence-corrected chi connectivity index (χ4v) is 1.73. The largest absolute Gasteiger partial charge is 0.318 e. The molecule has 0 fully saturated rings. The highest BCUT2D eigenvalue weighted by Gasteiger charge is 2.15. The molecule has 1 amide bonds. The van der Waals surface area contributed by atoms with Gasteiger partial charge in [-0.1, -0.05) is 25.4 Å². The Kier molecular flexibility index (Phi) is 4.01. The lowest BCUT2D eigenvalue weighted by Crippen LogP contribution is -2.14. The molecule has 1 aromatic carbocycles. The zero-order valence-electron chi connectivity index (χ0n) is 10.9. The molecule has 2 rings (SSSR count). The Morgan fingerprint density at radius 3 is 2.80 bits per heavy atom. The highest BCUT2D eigenvalue weighted by atomic mass is 35.5. The van der Waals surface area contributed by atoms with Crippen LogP contribution in [0, 0.1) is 11.3 Å². The fraction of sp³-hybridized carbons (Fsp3) is 0.231. The number of rotatable bonds is 3. The van der Waals surface area contributed by atoms with Gasteiger partial charge in [-0.3, -0.25) is 9.89 Å². The number of nitriles is 1. The summed E-state index contributed by atoms with van der Waals surface area (Å²) in [6.07, 6.45) is 0. The molecule has 1 aromatic heterocycles. The van der Waals surface area contributed by atoms with Gasteiger partial charge in [-0.15, -0.1) is 5.10 Å². The Labute approximate surface area is 120 Å². The molecule has 0 aliphatic rings. The molecule has 20 heavy (non-hydrogen) atoms. The van der Waals surface area contributed by atoms with E-state index in [4.69, 9.17) is 16.9 Å². The Morgan fingerprint density at radius 2 is 2.25 bits per heavy atom. The molecule has 2 N–H and O–H groups in total. The van der Waals surface area contributed by atoms with Crippen LogP contribution in [0.5, 0.6) is 0 Å². The first-order valence-corrected chi connectivity index (χ1v) is 6.32. The summed E-state index contributed by atoms with van der Waals surface area (Å²) in [5, 5.41) is 18.2. The standard InChI is InChI=1S/C13H12ClN5O/c1-7(2)11-17-12(19-18-11)13(20)16-10-4-3-8(6-15)5-9(10)14/h3-5,7H,1-2H3,(H,16,20)(H,17,18,19). The van der Waals surface area contributed by atoms with Crippen molar-refractivity contribution in [3.63, 3.8) is 0 Å². The maximum Gasteiger partial charge on any atom is 0.295 e. The molecule has 7 heteroatoms. The van der Waals surface area contributed by atoms with E-state index in [1.807, 2.05) is 19.9 Å². The van der Waals surface area contributed by atoms with E-state index in [2.05, 4.69) is 20.5 Å². The molecule has 0 atom stereocenters. The molecule has 102 valence electrons. The van der Waals surface area contributed by atoms with Crippen molar-refractivity contribution in [2.45, 2.75) is 19.8 Å². The second-order valence-electron chi connectivity index (χ2n) is 4.46. The van der Waals surface area contributed by atoms with Crippen molar-refractivity contribution in [1.29, 1.82) is 5.26 Å². The summed E-state index contributed by atoms with van der Waals surface area (Å²) in [4.78, 5) is 16.1. The van der Waals surface area contributed by atoms with E-state index in [1.165, 1.54) is 6.07 Å². The van der Waals surface area contributed by atoms with Gasteiger partial charge in [-0.2, -0.15) is 5.26 Å². The number of nitrogens with one attached hydrogen (secondary N) is 2. The number of aromatic amines is 1. The van der Waals surface area contributed by atoms with E-state index in [0.29, 0.717) is 17.1 Å². The zero-order valence-corrected chi connectivity index (χ0v) is 11.7. The third-order valence-corrected chi connectivity index (χ3v) is 2.91. The first-order valence-electron chi connectivity index (χ1n) is 5.94. The van der Waals surface area contributed by atoms with Gasteiger partial charge in [-0.05, 0) is 18.2 Å². The molecular formula is C13H12ClN5O. The first kappa shape index (κ1) is 14.0. The van der Waals surface area contributed by atoms with Gasteiger partial charge in [0.1, 0.15) is 5.82 Å². The molecule has 0 saturated heterocycles. The number of amides is 1. The normalized spacial score (nSPS) is 10.3.